The number of nitrogens with one attached hydrogen (secondary N) is 2. The molecule has 2 saturated heterocycles. The number of carbonyl (C=O) groups is 5. The van der Waals surface area contributed by atoms with Crippen LogP contribution in [0.25, 0.3) is 0 Å². The lowest BCUT2D eigenvalue weighted by Crippen LogP contribution is -2.72. The minimum atomic E-state index is -1.30. The lowest BCUT2D eigenvalue weighted by atomic mass is 10.00. The number of rotatable bonds is 17. The SMILES string of the molecule is C[C@]12C[C@@]1(C(=O)OCc1ccc([N+](=O)[O-])cc1)N1C(=O)[C@@H](NC(=O)CCC[C@@H](NC(=O)OCc3ccc([N+](=O)[O-])cc3)C(=O)OCc3ccc([N+](=O)[O-])cc3)[C@H]1S2. The van der Waals surface area contributed by atoms with Crippen LogP contribution < -0.4 is 10.6 Å². The van der Waals surface area contributed by atoms with Crippen LogP contribution in [-0.2, 0) is 53.2 Å². The van der Waals surface area contributed by atoms with Crippen molar-refractivity contribution in [3.8, 4) is 0 Å². The Bertz CT molecular complexity index is 2120. The summed E-state index contributed by atoms with van der Waals surface area (Å²) in [4.78, 5) is 98.0. The Kier molecular flexibility index (Phi) is 11.4. The monoisotopic (exact) mass is 806 g/mol. The largest absolute Gasteiger partial charge is 0.459 e. The van der Waals surface area contributed by atoms with E-state index in [9.17, 15) is 54.3 Å². The molecule has 3 fully saturated rings. The molecule has 0 radical (unpaired) electrons. The molecular formula is C36H34N6O14S. The van der Waals surface area contributed by atoms with Crippen molar-refractivity contribution in [1.82, 2.24) is 15.5 Å². The maximum absolute atomic E-state index is 13.3. The van der Waals surface area contributed by atoms with Gasteiger partial charge in [0.25, 0.3) is 17.1 Å². The highest BCUT2D eigenvalue weighted by Crippen LogP contribution is 2.72. The molecule has 6 rings (SSSR count). The summed E-state index contributed by atoms with van der Waals surface area (Å²) in [5, 5.41) is 37.4. The fourth-order valence-corrected chi connectivity index (χ4v) is 8.57. The van der Waals surface area contributed by atoms with Gasteiger partial charge in [0.05, 0.1) is 19.5 Å². The van der Waals surface area contributed by atoms with E-state index in [0.717, 1.165) is 0 Å². The van der Waals surface area contributed by atoms with Crippen molar-refractivity contribution in [3.63, 3.8) is 0 Å². The highest BCUT2D eigenvalue weighted by Gasteiger charge is 2.85. The van der Waals surface area contributed by atoms with E-state index in [-0.39, 0.29) is 56.1 Å². The standard InChI is InChI=1S/C36H34N6O14S/c1-35-20-36(35,33(46)55-18-22-7-13-25(14-8-22)41(50)51)39-30(44)29(31(39)57-35)38-28(43)4-2-3-27(32(45)54-17-21-5-11-24(12-6-21)40(48)49)37-34(47)56-19-23-9-15-26(16-10-23)42(52)53/h5-16,27,29,31H,2-4,17-20H2,1H3,(H,37,47)(H,38,43)/t27-,29-,31-,35+,36+/m1/s1. The molecule has 1 saturated carbocycles. The average molecular weight is 807 g/mol. The van der Waals surface area contributed by atoms with Crippen LogP contribution in [-0.4, -0.2) is 77.3 Å². The highest BCUT2D eigenvalue weighted by molar-refractivity contribution is 8.02. The van der Waals surface area contributed by atoms with Crippen LogP contribution in [0.3, 0.4) is 0 Å². The van der Waals surface area contributed by atoms with E-state index in [1.807, 2.05) is 6.92 Å². The van der Waals surface area contributed by atoms with E-state index in [1.54, 1.807) is 0 Å². The van der Waals surface area contributed by atoms with Crippen molar-refractivity contribution < 1.29 is 53.0 Å². The van der Waals surface area contributed by atoms with E-state index in [2.05, 4.69) is 10.6 Å². The molecule has 0 aromatic heterocycles. The molecular weight excluding hydrogens is 772 g/mol. The molecule has 3 amide bonds. The number of β-lactam (4-membered cyclic amide) rings is 1. The van der Waals surface area contributed by atoms with Crippen LogP contribution in [0.1, 0.15) is 49.3 Å². The number of amides is 3. The van der Waals surface area contributed by atoms with Gasteiger partial charge in [-0.15, -0.1) is 11.8 Å². The zero-order valence-electron chi connectivity index (χ0n) is 30.0. The topological polar surface area (TPSA) is 270 Å². The number of alkyl carbamates (subject to hydrolysis) is 1. The van der Waals surface area contributed by atoms with Gasteiger partial charge in [0, 0.05) is 49.2 Å². The Balaban J connectivity index is 1.01. The first-order valence-electron chi connectivity index (χ1n) is 17.4. The highest BCUT2D eigenvalue weighted by atomic mass is 32.2. The fourth-order valence-electron chi connectivity index (χ4n) is 6.66. The molecule has 298 valence electrons. The molecule has 5 atom stereocenters. The van der Waals surface area contributed by atoms with Crippen molar-refractivity contribution in [2.75, 3.05) is 0 Å². The van der Waals surface area contributed by atoms with Crippen LogP contribution in [0.5, 0.6) is 0 Å². The Labute approximate surface area is 326 Å². The van der Waals surface area contributed by atoms with Crippen molar-refractivity contribution in [3.05, 3.63) is 120 Å². The van der Waals surface area contributed by atoms with Gasteiger partial charge < -0.3 is 29.7 Å². The number of nitro benzene ring substituents is 3. The number of nitro groups is 3. The van der Waals surface area contributed by atoms with Gasteiger partial charge in [-0.3, -0.25) is 39.9 Å². The first kappa shape index (κ1) is 40.0. The molecule has 0 bridgehead atoms. The van der Waals surface area contributed by atoms with Gasteiger partial charge in [-0.2, -0.15) is 0 Å². The summed E-state index contributed by atoms with van der Waals surface area (Å²) >= 11 is 1.38. The van der Waals surface area contributed by atoms with E-state index in [1.165, 1.54) is 89.5 Å². The van der Waals surface area contributed by atoms with Crippen LogP contribution in [0.4, 0.5) is 21.9 Å². The summed E-state index contributed by atoms with van der Waals surface area (Å²) < 4.78 is 15.4. The fraction of sp³-hybridized carbons (Fsp3) is 0.361. The van der Waals surface area contributed by atoms with Gasteiger partial charge in [-0.05, 0) is 72.9 Å². The molecule has 21 heteroatoms. The first-order valence-corrected chi connectivity index (χ1v) is 18.3. The number of benzene rings is 3. The normalized spacial score (nSPS) is 21.8. The minimum Gasteiger partial charge on any atom is -0.459 e. The summed E-state index contributed by atoms with van der Waals surface area (Å²) in [7, 11) is 0. The molecule has 20 nitrogen and oxygen atoms in total. The zero-order valence-corrected chi connectivity index (χ0v) is 30.8. The third-order valence-electron chi connectivity index (χ3n) is 9.87. The lowest BCUT2D eigenvalue weighted by Gasteiger charge is -2.46. The summed E-state index contributed by atoms with van der Waals surface area (Å²) in [5.74, 6) is -2.47. The van der Waals surface area contributed by atoms with Gasteiger partial charge in [-0.25, -0.2) is 14.4 Å². The third-order valence-corrected chi connectivity index (χ3v) is 11.6. The smallest absolute Gasteiger partial charge is 0.408 e. The molecule has 0 unspecified atom stereocenters. The molecule has 3 aliphatic rings. The number of hydrogen-bond acceptors (Lipinski definition) is 15. The number of non-ortho nitro benzene ring substituents is 3. The molecule has 2 heterocycles. The minimum absolute atomic E-state index is 0.0464. The molecule has 1 aliphatic carbocycles. The molecule has 57 heavy (non-hydrogen) atoms. The van der Waals surface area contributed by atoms with Crippen LogP contribution in [0, 0.1) is 30.3 Å². The molecule has 3 aromatic carbocycles. The average Bonchev–Trinajstić information content (AvgIpc) is 3.73. The van der Waals surface area contributed by atoms with Crippen molar-refractivity contribution in [1.29, 1.82) is 0 Å². The molecule has 0 spiro atoms. The number of thioether (sulfide) groups is 1. The number of fused-ring (bicyclic) bond motifs is 3. The quantitative estimate of drug-likeness (QED) is 0.0642. The predicted octanol–water partition coefficient (Wildman–Crippen LogP) is 3.96. The van der Waals surface area contributed by atoms with Gasteiger partial charge in [0.2, 0.25) is 11.8 Å². The summed E-state index contributed by atoms with van der Waals surface area (Å²) in [6, 6.07) is 13.9. The number of ether oxygens (including phenoxy) is 3. The second kappa shape index (κ2) is 16.2. The number of esters is 2. The molecule has 2 aliphatic heterocycles. The summed E-state index contributed by atoms with van der Waals surface area (Å²) in [5.41, 5.74) is -0.231. The first-order chi connectivity index (χ1) is 27.1. The van der Waals surface area contributed by atoms with Gasteiger partial charge >= 0.3 is 18.0 Å². The Morgan fingerprint density at radius 3 is 1.75 bits per heavy atom. The van der Waals surface area contributed by atoms with Gasteiger partial charge in [-0.1, -0.05) is 0 Å². The van der Waals surface area contributed by atoms with Crippen molar-refractivity contribution in [2.24, 2.45) is 0 Å². The van der Waals surface area contributed by atoms with Crippen LogP contribution >= 0.6 is 11.8 Å². The van der Waals surface area contributed by atoms with E-state index in [4.69, 9.17) is 14.2 Å². The Hall–Kier alpha value is -6.64. The maximum atomic E-state index is 13.3. The summed E-state index contributed by atoms with van der Waals surface area (Å²) in [6.07, 6.45) is -0.862. The predicted molar refractivity (Wildman–Crippen MR) is 196 cm³/mol. The Morgan fingerprint density at radius 2 is 1.26 bits per heavy atom. The number of carbonyl (C=O) groups excluding carboxylic acids is 5. The molecule has 3 aromatic rings. The van der Waals surface area contributed by atoms with E-state index in [0.29, 0.717) is 23.1 Å². The van der Waals surface area contributed by atoms with Crippen molar-refractivity contribution >= 4 is 58.7 Å². The van der Waals surface area contributed by atoms with Crippen molar-refractivity contribution in [2.45, 2.75) is 80.2 Å². The third kappa shape index (κ3) is 8.47. The second-order valence-electron chi connectivity index (χ2n) is 13.6. The summed E-state index contributed by atoms with van der Waals surface area (Å²) in [6.45, 7) is 1.13. The number of hydrogen-bond donors (Lipinski definition) is 2. The molecule has 2 N–H and O–H groups in total. The lowest BCUT2D eigenvalue weighted by molar-refractivity contribution is -0.385. The van der Waals surface area contributed by atoms with E-state index < -0.39 is 72.4 Å². The second-order valence-corrected chi connectivity index (χ2v) is 15.3. The zero-order chi connectivity index (χ0) is 41.1. The number of nitrogens with zero attached hydrogens (tertiary/aromatic N) is 4. The van der Waals surface area contributed by atoms with Crippen LogP contribution in [0.15, 0.2) is 72.8 Å². The van der Waals surface area contributed by atoms with Gasteiger partial charge in [0.1, 0.15) is 37.3 Å². The van der Waals surface area contributed by atoms with E-state index >= 15 is 0 Å². The van der Waals surface area contributed by atoms with Crippen LogP contribution in [0.2, 0.25) is 0 Å². The Morgan fingerprint density at radius 1 is 0.789 bits per heavy atom. The maximum Gasteiger partial charge on any atom is 0.408 e. The van der Waals surface area contributed by atoms with Gasteiger partial charge in [0.15, 0.2) is 5.54 Å².